The van der Waals surface area contributed by atoms with Crippen molar-refractivity contribution < 1.29 is 27.5 Å². The summed E-state index contributed by atoms with van der Waals surface area (Å²) in [7, 11) is 0. The van der Waals surface area contributed by atoms with Gasteiger partial charge in [-0.3, -0.25) is 19.0 Å². The molecule has 1 fully saturated rings. The Hall–Kier alpha value is -2.41. The van der Waals surface area contributed by atoms with Gasteiger partial charge < -0.3 is 15.0 Å². The van der Waals surface area contributed by atoms with Crippen LogP contribution in [0.25, 0.3) is 0 Å². The minimum absolute atomic E-state index is 0.0546. The molecular formula is C18H22BrF3N6O3. The summed E-state index contributed by atoms with van der Waals surface area (Å²) in [6.07, 6.45) is -3.33. The van der Waals surface area contributed by atoms with Gasteiger partial charge in [0, 0.05) is 26.1 Å². The number of carbonyl (C=O) groups excluding carboxylic acids is 2. The van der Waals surface area contributed by atoms with Crippen LogP contribution in [0, 0.1) is 6.92 Å². The van der Waals surface area contributed by atoms with Gasteiger partial charge in [0.25, 0.3) is 5.91 Å². The van der Waals surface area contributed by atoms with Crippen molar-refractivity contribution in [3.05, 3.63) is 27.8 Å². The number of hydrogen-bond donors (Lipinski definition) is 1. The van der Waals surface area contributed by atoms with E-state index in [1.165, 1.54) is 17.8 Å². The van der Waals surface area contributed by atoms with Gasteiger partial charge in [0.1, 0.15) is 5.69 Å². The molecule has 2 aromatic heterocycles. The number of halogens is 4. The summed E-state index contributed by atoms with van der Waals surface area (Å²) in [5.41, 5.74) is -0.247. The summed E-state index contributed by atoms with van der Waals surface area (Å²) in [4.78, 5) is 27.0. The second-order valence-corrected chi connectivity index (χ2v) is 7.69. The fourth-order valence-electron chi connectivity index (χ4n) is 3.20. The van der Waals surface area contributed by atoms with E-state index in [0.29, 0.717) is 32.8 Å². The Morgan fingerprint density at radius 1 is 1.26 bits per heavy atom. The van der Waals surface area contributed by atoms with Crippen LogP contribution in [-0.4, -0.2) is 62.6 Å². The van der Waals surface area contributed by atoms with Gasteiger partial charge in [0.15, 0.2) is 5.69 Å². The van der Waals surface area contributed by atoms with Crippen LogP contribution in [-0.2, 0) is 28.8 Å². The Kier molecular flexibility index (Phi) is 7.04. The van der Waals surface area contributed by atoms with Gasteiger partial charge in [-0.05, 0) is 29.8 Å². The summed E-state index contributed by atoms with van der Waals surface area (Å²) in [5.74, 6) is -0.731. The molecule has 1 aliphatic rings. The molecule has 2 aromatic rings. The Morgan fingerprint density at radius 2 is 1.94 bits per heavy atom. The maximum absolute atomic E-state index is 13.0. The molecule has 0 bridgehead atoms. The normalized spacial score (nSPS) is 14.7. The van der Waals surface area contributed by atoms with E-state index in [-0.39, 0.29) is 40.4 Å². The highest BCUT2D eigenvalue weighted by atomic mass is 79.9. The van der Waals surface area contributed by atoms with Crippen LogP contribution in [0.1, 0.15) is 35.2 Å². The second kappa shape index (κ2) is 9.39. The highest BCUT2D eigenvalue weighted by Gasteiger charge is 2.38. The first-order chi connectivity index (χ1) is 14.6. The van der Waals surface area contributed by atoms with E-state index in [9.17, 15) is 22.8 Å². The van der Waals surface area contributed by atoms with Crippen LogP contribution in [0.4, 0.5) is 18.9 Å². The molecule has 170 valence electrons. The fraction of sp³-hybridized carbons (Fsp3) is 0.556. The molecule has 3 heterocycles. The van der Waals surface area contributed by atoms with Gasteiger partial charge in [-0.15, -0.1) is 0 Å². The highest BCUT2D eigenvalue weighted by Crippen LogP contribution is 2.35. The van der Waals surface area contributed by atoms with Crippen LogP contribution in [0.5, 0.6) is 0 Å². The number of aromatic nitrogens is 4. The monoisotopic (exact) mass is 506 g/mol. The highest BCUT2D eigenvalue weighted by molar-refractivity contribution is 9.10. The molecule has 1 saturated heterocycles. The average Bonchev–Trinajstić information content (AvgIpc) is 3.27. The van der Waals surface area contributed by atoms with Crippen molar-refractivity contribution in [2.45, 2.75) is 39.5 Å². The predicted octanol–water partition coefficient (Wildman–Crippen LogP) is 2.69. The first-order valence-corrected chi connectivity index (χ1v) is 10.5. The summed E-state index contributed by atoms with van der Waals surface area (Å²) < 4.78 is 46.7. The molecule has 1 aliphatic heterocycles. The zero-order chi connectivity index (χ0) is 22.8. The molecule has 31 heavy (non-hydrogen) atoms. The number of hydrogen-bond acceptors (Lipinski definition) is 5. The van der Waals surface area contributed by atoms with Crippen molar-refractivity contribution in [3.8, 4) is 0 Å². The summed E-state index contributed by atoms with van der Waals surface area (Å²) in [5, 5.41) is 10.4. The number of nitrogens with one attached hydrogen (secondary N) is 1. The SMILES string of the molecule is CCn1ncc(NC(=O)CCn2nc(C(F)(F)F)c(Br)c2C)c1C(=O)N1CCOCC1. The lowest BCUT2D eigenvalue weighted by Crippen LogP contribution is -2.41. The van der Waals surface area contributed by atoms with Gasteiger partial charge in [0.05, 0.1) is 41.8 Å². The van der Waals surface area contributed by atoms with Crippen molar-refractivity contribution in [1.82, 2.24) is 24.5 Å². The Bertz CT molecular complexity index is 966. The van der Waals surface area contributed by atoms with Gasteiger partial charge in [-0.2, -0.15) is 23.4 Å². The lowest BCUT2D eigenvalue weighted by Gasteiger charge is -2.27. The Balaban J connectivity index is 1.70. The summed E-state index contributed by atoms with van der Waals surface area (Å²) in [6.45, 7) is 5.44. The number of rotatable bonds is 6. The van der Waals surface area contributed by atoms with E-state index < -0.39 is 17.8 Å². The number of carbonyl (C=O) groups is 2. The largest absolute Gasteiger partial charge is 0.436 e. The molecule has 0 spiro atoms. The first-order valence-electron chi connectivity index (χ1n) is 9.66. The topological polar surface area (TPSA) is 94.3 Å². The number of nitrogens with zero attached hydrogens (tertiary/aromatic N) is 5. The standard InChI is InChI=1S/C18H22BrF3N6O3/c1-3-27-15(17(30)26-6-8-31-9-7-26)12(10-23-27)24-13(29)4-5-28-11(2)14(19)16(25-28)18(20,21)22/h10H,3-9H2,1-2H3,(H,24,29). The number of anilines is 1. The molecule has 0 aromatic carbocycles. The molecule has 9 nitrogen and oxygen atoms in total. The van der Waals surface area contributed by atoms with E-state index in [4.69, 9.17) is 4.74 Å². The minimum Gasteiger partial charge on any atom is -0.378 e. The third kappa shape index (κ3) is 5.09. The molecule has 0 radical (unpaired) electrons. The van der Waals surface area contributed by atoms with Crippen LogP contribution >= 0.6 is 15.9 Å². The number of alkyl halides is 3. The molecule has 13 heteroatoms. The van der Waals surface area contributed by atoms with E-state index in [1.54, 1.807) is 4.90 Å². The number of ether oxygens (including phenoxy) is 1. The molecule has 1 N–H and O–H groups in total. The van der Waals surface area contributed by atoms with E-state index >= 15 is 0 Å². The zero-order valence-corrected chi connectivity index (χ0v) is 18.6. The fourth-order valence-corrected chi connectivity index (χ4v) is 3.71. The van der Waals surface area contributed by atoms with E-state index in [2.05, 4.69) is 31.4 Å². The number of morpholine rings is 1. The Morgan fingerprint density at radius 3 is 2.52 bits per heavy atom. The van der Waals surface area contributed by atoms with Crippen LogP contribution < -0.4 is 5.32 Å². The lowest BCUT2D eigenvalue weighted by molar-refractivity contribution is -0.142. The number of aryl methyl sites for hydroxylation is 2. The third-order valence-corrected chi connectivity index (χ3v) is 5.82. The van der Waals surface area contributed by atoms with Crippen molar-refractivity contribution in [1.29, 1.82) is 0 Å². The van der Waals surface area contributed by atoms with Crippen molar-refractivity contribution in [2.75, 3.05) is 31.6 Å². The van der Waals surface area contributed by atoms with Gasteiger partial charge >= 0.3 is 6.18 Å². The molecule has 0 aliphatic carbocycles. The smallest absolute Gasteiger partial charge is 0.378 e. The van der Waals surface area contributed by atoms with Crippen molar-refractivity contribution in [3.63, 3.8) is 0 Å². The third-order valence-electron chi connectivity index (χ3n) is 4.87. The maximum atomic E-state index is 13.0. The summed E-state index contributed by atoms with van der Waals surface area (Å²) in [6, 6.07) is 0. The van der Waals surface area contributed by atoms with Gasteiger partial charge in [-0.25, -0.2) is 0 Å². The minimum atomic E-state index is -4.60. The first kappa shape index (κ1) is 23.3. The maximum Gasteiger partial charge on any atom is 0.436 e. The lowest BCUT2D eigenvalue weighted by atomic mass is 10.2. The molecule has 3 rings (SSSR count). The Labute approximate surface area is 184 Å². The average molecular weight is 507 g/mol. The van der Waals surface area contributed by atoms with Crippen LogP contribution in [0.15, 0.2) is 10.7 Å². The van der Waals surface area contributed by atoms with Crippen LogP contribution in [0.3, 0.4) is 0 Å². The molecule has 0 atom stereocenters. The van der Waals surface area contributed by atoms with Crippen molar-refractivity contribution in [2.24, 2.45) is 0 Å². The summed E-state index contributed by atoms with van der Waals surface area (Å²) >= 11 is 2.91. The quantitative estimate of drug-likeness (QED) is 0.649. The van der Waals surface area contributed by atoms with Crippen LogP contribution in [0.2, 0.25) is 0 Å². The van der Waals surface area contributed by atoms with E-state index in [1.807, 2.05) is 6.92 Å². The molecule has 0 saturated carbocycles. The predicted molar refractivity (Wildman–Crippen MR) is 108 cm³/mol. The molecule has 2 amide bonds. The number of amides is 2. The molecular weight excluding hydrogens is 485 g/mol. The molecule has 0 unspecified atom stereocenters. The van der Waals surface area contributed by atoms with E-state index in [0.717, 1.165) is 4.68 Å². The van der Waals surface area contributed by atoms with Gasteiger partial charge in [-0.1, -0.05) is 0 Å². The second-order valence-electron chi connectivity index (χ2n) is 6.89. The zero-order valence-electron chi connectivity index (χ0n) is 17.0. The van der Waals surface area contributed by atoms with Gasteiger partial charge in [0.2, 0.25) is 5.91 Å². The van der Waals surface area contributed by atoms with Crippen molar-refractivity contribution >= 4 is 33.4 Å².